The predicted octanol–water partition coefficient (Wildman–Crippen LogP) is 2.35. The molecule has 7 heteroatoms. The molecule has 102 valence electrons. The van der Waals surface area contributed by atoms with E-state index in [0.717, 1.165) is 0 Å². The average Bonchev–Trinajstić information content (AvgIpc) is 2.39. The van der Waals surface area contributed by atoms with Crippen molar-refractivity contribution in [3.8, 4) is 0 Å². The van der Waals surface area contributed by atoms with Crippen LogP contribution in [-0.4, -0.2) is 41.4 Å². The highest BCUT2D eigenvalue weighted by Crippen LogP contribution is 2.28. The summed E-state index contributed by atoms with van der Waals surface area (Å²) in [5.41, 5.74) is 0. The van der Waals surface area contributed by atoms with Gasteiger partial charge in [0.25, 0.3) is 6.43 Å². The quantitative estimate of drug-likeness (QED) is 0.917. The number of hydrogen-bond acceptors (Lipinski definition) is 4. The van der Waals surface area contributed by atoms with Gasteiger partial charge in [0.15, 0.2) is 11.0 Å². The Labute approximate surface area is 113 Å². The zero-order chi connectivity index (χ0) is 13.8. The van der Waals surface area contributed by atoms with Crippen LogP contribution in [0.25, 0.3) is 10.8 Å². The van der Waals surface area contributed by atoms with Crippen molar-refractivity contribution in [2.24, 2.45) is 0 Å². The molecule has 0 bridgehead atoms. The van der Waals surface area contributed by atoms with Crippen molar-refractivity contribution in [1.82, 2.24) is 10.2 Å². The van der Waals surface area contributed by atoms with Gasteiger partial charge in [-0.1, -0.05) is 35.9 Å². The molecule has 0 aliphatic carbocycles. The third-order valence-electron chi connectivity index (χ3n) is 2.65. The fraction of sp³-hybridized carbons (Fsp3) is 0.333. The van der Waals surface area contributed by atoms with Gasteiger partial charge in [-0.3, -0.25) is 0 Å². The molecule has 2 rings (SSSR count). The summed E-state index contributed by atoms with van der Waals surface area (Å²) in [6.45, 7) is -0.698. The number of nitrogens with zero attached hydrogens (tertiary/aromatic N) is 3. The molecule has 1 N–H and O–H groups in total. The first-order chi connectivity index (χ1) is 9.13. The molecule has 0 saturated carbocycles. The zero-order valence-electron chi connectivity index (χ0n) is 9.93. The molecule has 0 amide bonds. The summed E-state index contributed by atoms with van der Waals surface area (Å²) in [4.78, 5) is 1.30. The second-order valence-electron chi connectivity index (χ2n) is 3.92. The summed E-state index contributed by atoms with van der Waals surface area (Å²) >= 11 is 5.93. The molecular weight excluding hydrogens is 276 g/mol. The number of aromatic nitrogens is 2. The van der Waals surface area contributed by atoms with Crippen molar-refractivity contribution in [2.75, 3.05) is 24.6 Å². The second-order valence-corrected chi connectivity index (χ2v) is 4.28. The lowest BCUT2D eigenvalue weighted by Gasteiger charge is -2.23. The van der Waals surface area contributed by atoms with Gasteiger partial charge in [0, 0.05) is 17.3 Å². The minimum absolute atomic E-state index is 0.0602. The second kappa shape index (κ2) is 6.08. The smallest absolute Gasteiger partial charge is 0.255 e. The molecule has 2 aromatic rings. The van der Waals surface area contributed by atoms with E-state index in [1.165, 1.54) is 4.90 Å². The summed E-state index contributed by atoms with van der Waals surface area (Å²) in [5, 5.41) is 18.1. The topological polar surface area (TPSA) is 49.2 Å². The van der Waals surface area contributed by atoms with Crippen molar-refractivity contribution in [3.63, 3.8) is 0 Å². The van der Waals surface area contributed by atoms with Crippen molar-refractivity contribution >= 4 is 28.2 Å². The number of fused-ring (bicyclic) bond motifs is 1. The van der Waals surface area contributed by atoms with Crippen molar-refractivity contribution in [1.29, 1.82) is 0 Å². The molecule has 1 aromatic heterocycles. The Bertz CT molecular complexity index is 568. The van der Waals surface area contributed by atoms with Crippen LogP contribution in [0.15, 0.2) is 24.3 Å². The monoisotopic (exact) mass is 287 g/mol. The summed E-state index contributed by atoms with van der Waals surface area (Å²) in [5.74, 6) is 0.300. The van der Waals surface area contributed by atoms with E-state index in [1.54, 1.807) is 24.3 Å². The molecule has 0 fully saturated rings. The Hall–Kier alpha value is -1.53. The van der Waals surface area contributed by atoms with Crippen LogP contribution in [0.4, 0.5) is 14.6 Å². The van der Waals surface area contributed by atoms with Crippen LogP contribution in [0.5, 0.6) is 0 Å². The molecule has 0 unspecified atom stereocenters. The summed E-state index contributed by atoms with van der Waals surface area (Å²) in [6, 6.07) is 7.03. The van der Waals surface area contributed by atoms with Gasteiger partial charge in [0.1, 0.15) is 0 Å². The zero-order valence-corrected chi connectivity index (χ0v) is 10.7. The lowest BCUT2D eigenvalue weighted by Crippen LogP contribution is -2.32. The Balaban J connectivity index is 2.50. The molecule has 4 nitrogen and oxygen atoms in total. The normalized spacial score (nSPS) is 11.2. The van der Waals surface area contributed by atoms with E-state index < -0.39 is 13.0 Å². The Morgan fingerprint density at radius 3 is 2.53 bits per heavy atom. The van der Waals surface area contributed by atoms with Crippen LogP contribution in [0.2, 0.25) is 5.15 Å². The van der Waals surface area contributed by atoms with Gasteiger partial charge in [-0.25, -0.2) is 8.78 Å². The van der Waals surface area contributed by atoms with Gasteiger partial charge in [0.2, 0.25) is 0 Å². The SMILES string of the molecule is OCCN(CC(F)F)c1nnc(Cl)c2ccccc12. The largest absolute Gasteiger partial charge is 0.395 e. The first-order valence-electron chi connectivity index (χ1n) is 5.68. The number of alkyl halides is 2. The van der Waals surface area contributed by atoms with Gasteiger partial charge in [-0.2, -0.15) is 0 Å². The average molecular weight is 288 g/mol. The van der Waals surface area contributed by atoms with Crippen LogP contribution in [-0.2, 0) is 0 Å². The van der Waals surface area contributed by atoms with E-state index in [0.29, 0.717) is 16.6 Å². The van der Waals surface area contributed by atoms with Crippen LogP contribution in [0.3, 0.4) is 0 Å². The summed E-state index contributed by atoms with van der Waals surface area (Å²) in [7, 11) is 0. The standard InChI is InChI=1S/C12H12ClF2N3O/c13-11-8-3-1-2-4-9(8)12(17-16-11)18(5-6-19)7-10(14)15/h1-4,10,19H,5-7H2. The lowest BCUT2D eigenvalue weighted by molar-refractivity contribution is 0.152. The van der Waals surface area contributed by atoms with E-state index in [2.05, 4.69) is 10.2 Å². The molecule has 0 spiro atoms. The van der Waals surface area contributed by atoms with Gasteiger partial charge in [-0.05, 0) is 0 Å². The van der Waals surface area contributed by atoms with E-state index in [4.69, 9.17) is 16.7 Å². The number of benzene rings is 1. The minimum Gasteiger partial charge on any atom is -0.395 e. The van der Waals surface area contributed by atoms with Crippen LogP contribution in [0.1, 0.15) is 0 Å². The van der Waals surface area contributed by atoms with Crippen molar-refractivity contribution < 1.29 is 13.9 Å². The fourth-order valence-corrected chi connectivity index (χ4v) is 2.06. The Kier molecular flexibility index (Phi) is 4.44. The van der Waals surface area contributed by atoms with Crippen LogP contribution < -0.4 is 4.90 Å². The Morgan fingerprint density at radius 2 is 1.89 bits per heavy atom. The summed E-state index contributed by atoms with van der Waals surface area (Å²) < 4.78 is 25.2. The highest BCUT2D eigenvalue weighted by molar-refractivity contribution is 6.34. The van der Waals surface area contributed by atoms with E-state index in [1.807, 2.05) is 0 Å². The van der Waals surface area contributed by atoms with Crippen LogP contribution in [0, 0.1) is 0 Å². The number of aliphatic hydroxyl groups is 1. The molecule has 1 heterocycles. The molecule has 0 atom stereocenters. The number of halogens is 3. The third kappa shape index (κ3) is 3.08. The molecule has 0 aliphatic rings. The highest BCUT2D eigenvalue weighted by Gasteiger charge is 2.17. The first-order valence-corrected chi connectivity index (χ1v) is 6.06. The molecule has 0 aliphatic heterocycles. The number of rotatable bonds is 5. The molecule has 19 heavy (non-hydrogen) atoms. The Morgan fingerprint density at radius 1 is 1.21 bits per heavy atom. The number of hydrogen-bond donors (Lipinski definition) is 1. The molecule has 1 aromatic carbocycles. The van der Waals surface area contributed by atoms with Crippen LogP contribution >= 0.6 is 11.6 Å². The predicted molar refractivity (Wildman–Crippen MR) is 69.9 cm³/mol. The van der Waals surface area contributed by atoms with Gasteiger partial charge < -0.3 is 10.0 Å². The van der Waals surface area contributed by atoms with Crippen molar-refractivity contribution in [3.05, 3.63) is 29.4 Å². The molecule has 0 radical (unpaired) electrons. The third-order valence-corrected chi connectivity index (χ3v) is 2.93. The molecule has 0 saturated heterocycles. The maximum atomic E-state index is 12.6. The highest BCUT2D eigenvalue weighted by atomic mass is 35.5. The maximum Gasteiger partial charge on any atom is 0.255 e. The van der Waals surface area contributed by atoms with E-state index >= 15 is 0 Å². The van der Waals surface area contributed by atoms with Gasteiger partial charge >= 0.3 is 0 Å². The molecular formula is C12H12ClF2N3O. The number of anilines is 1. The maximum absolute atomic E-state index is 12.6. The summed E-state index contributed by atoms with van der Waals surface area (Å²) in [6.07, 6.45) is -2.53. The van der Waals surface area contributed by atoms with E-state index in [-0.39, 0.29) is 18.3 Å². The fourth-order valence-electron chi connectivity index (χ4n) is 1.86. The van der Waals surface area contributed by atoms with Crippen molar-refractivity contribution in [2.45, 2.75) is 6.43 Å². The minimum atomic E-state index is -2.53. The van der Waals surface area contributed by atoms with Gasteiger partial charge in [0.05, 0.1) is 13.2 Å². The first kappa shape index (κ1) is 13.9. The number of aliphatic hydroxyl groups excluding tert-OH is 1. The van der Waals surface area contributed by atoms with Gasteiger partial charge in [-0.15, -0.1) is 10.2 Å². The van der Waals surface area contributed by atoms with E-state index in [9.17, 15) is 8.78 Å². The lowest BCUT2D eigenvalue weighted by atomic mass is 10.2.